The standard InChI is InChI=1S/C28H44N2O4S/c1-8-23-25(31)15-26(32)34-28(20(5)14-22-16-35-21(6)30-22)24(29-7)13-18(3)11-9-10-17(2)12-19(4)27(23)33/h13-14,16-17,19,23-25,28-29,31H,8-12,15H2,1-7H3/b18-13-,20-14+/t17-,19+,23?,24?,25-,28+/m0/s1. The Morgan fingerprint density at radius 2 is 2.03 bits per heavy atom. The summed E-state index contributed by atoms with van der Waals surface area (Å²) in [5.74, 6) is -0.738. The van der Waals surface area contributed by atoms with Gasteiger partial charge in [-0.05, 0) is 71.1 Å². The summed E-state index contributed by atoms with van der Waals surface area (Å²) in [5.41, 5.74) is 2.94. The number of aliphatic hydroxyl groups excluding tert-OH is 1. The molecule has 0 fully saturated rings. The first-order valence-electron chi connectivity index (χ1n) is 12.9. The van der Waals surface area contributed by atoms with E-state index < -0.39 is 24.1 Å². The van der Waals surface area contributed by atoms with E-state index in [4.69, 9.17) is 4.74 Å². The van der Waals surface area contributed by atoms with Crippen LogP contribution in [0.1, 0.15) is 83.8 Å². The number of carbonyl (C=O) groups excluding carboxylic acids is 2. The highest BCUT2D eigenvalue weighted by atomic mass is 32.1. The number of cyclic esters (lactones) is 1. The van der Waals surface area contributed by atoms with Crippen molar-refractivity contribution in [1.29, 1.82) is 0 Å². The minimum absolute atomic E-state index is 0.0439. The van der Waals surface area contributed by atoms with Crippen molar-refractivity contribution in [2.75, 3.05) is 7.05 Å². The number of thiazole rings is 1. The van der Waals surface area contributed by atoms with Gasteiger partial charge < -0.3 is 15.2 Å². The number of hydrogen-bond acceptors (Lipinski definition) is 7. The predicted octanol–water partition coefficient (Wildman–Crippen LogP) is 5.49. The van der Waals surface area contributed by atoms with E-state index in [0.29, 0.717) is 12.3 Å². The lowest BCUT2D eigenvalue weighted by atomic mass is 9.81. The number of aliphatic hydroxyl groups is 1. The summed E-state index contributed by atoms with van der Waals surface area (Å²) in [4.78, 5) is 30.7. The molecule has 0 aliphatic carbocycles. The molecular formula is C28H44N2O4S. The van der Waals surface area contributed by atoms with Crippen LogP contribution >= 0.6 is 11.3 Å². The van der Waals surface area contributed by atoms with Crippen LogP contribution in [0.15, 0.2) is 22.6 Å². The normalized spacial score (nSPS) is 32.1. The quantitative estimate of drug-likeness (QED) is 0.416. The molecule has 6 atom stereocenters. The first kappa shape index (κ1) is 29.4. The number of likely N-dealkylation sites (N-methyl/N-ethyl adjacent to an activating group) is 1. The van der Waals surface area contributed by atoms with Gasteiger partial charge in [0.05, 0.1) is 29.3 Å². The maximum absolute atomic E-state index is 13.1. The second kappa shape index (κ2) is 14.0. The fourth-order valence-electron chi connectivity index (χ4n) is 5.02. The molecule has 0 saturated carbocycles. The summed E-state index contributed by atoms with van der Waals surface area (Å²) in [7, 11) is 1.86. The maximum Gasteiger partial charge on any atom is 0.309 e. The molecule has 35 heavy (non-hydrogen) atoms. The summed E-state index contributed by atoms with van der Waals surface area (Å²) in [5, 5.41) is 17.1. The van der Waals surface area contributed by atoms with Crippen LogP contribution in [0.2, 0.25) is 0 Å². The van der Waals surface area contributed by atoms with Gasteiger partial charge in [0.2, 0.25) is 0 Å². The Bertz CT molecular complexity index is 907. The average molecular weight is 505 g/mol. The first-order valence-corrected chi connectivity index (χ1v) is 13.8. The Hall–Kier alpha value is -1.83. The van der Waals surface area contributed by atoms with Crippen LogP contribution < -0.4 is 5.32 Å². The van der Waals surface area contributed by atoms with Gasteiger partial charge in [-0.1, -0.05) is 38.8 Å². The number of ketones is 1. The third-order valence-electron chi connectivity index (χ3n) is 7.00. The number of nitrogens with zero attached hydrogens (tertiary/aromatic N) is 1. The number of carbonyl (C=O) groups is 2. The van der Waals surface area contributed by atoms with E-state index >= 15 is 0 Å². The van der Waals surface area contributed by atoms with Crippen LogP contribution in [0, 0.1) is 24.7 Å². The lowest BCUT2D eigenvalue weighted by Gasteiger charge is -2.28. The fraction of sp³-hybridized carbons (Fsp3) is 0.679. The van der Waals surface area contributed by atoms with Crippen molar-refractivity contribution < 1.29 is 19.4 Å². The minimum atomic E-state index is -1.05. The number of allylic oxidation sites excluding steroid dienone is 1. The highest BCUT2D eigenvalue weighted by Crippen LogP contribution is 2.27. The molecule has 0 bridgehead atoms. The smallest absolute Gasteiger partial charge is 0.309 e. The molecular weight excluding hydrogens is 460 g/mol. The highest BCUT2D eigenvalue weighted by Gasteiger charge is 2.33. The van der Waals surface area contributed by atoms with Crippen molar-refractivity contribution in [2.45, 2.75) is 98.3 Å². The van der Waals surface area contributed by atoms with E-state index in [1.54, 1.807) is 11.3 Å². The molecule has 2 N–H and O–H groups in total. The van der Waals surface area contributed by atoms with Gasteiger partial charge in [-0.2, -0.15) is 0 Å². The lowest BCUT2D eigenvalue weighted by molar-refractivity contribution is -0.151. The average Bonchev–Trinajstić information content (AvgIpc) is 3.19. The van der Waals surface area contributed by atoms with Gasteiger partial charge in [-0.15, -0.1) is 11.3 Å². The number of aryl methyl sites for hydroxylation is 1. The van der Waals surface area contributed by atoms with Crippen LogP contribution in [0.25, 0.3) is 6.08 Å². The predicted molar refractivity (Wildman–Crippen MR) is 143 cm³/mol. The molecule has 6 nitrogen and oxygen atoms in total. The van der Waals surface area contributed by atoms with Crippen LogP contribution in [-0.4, -0.2) is 47.1 Å². The molecule has 7 heteroatoms. The van der Waals surface area contributed by atoms with Crippen molar-refractivity contribution in [3.63, 3.8) is 0 Å². The monoisotopic (exact) mass is 504 g/mol. The van der Waals surface area contributed by atoms with Gasteiger partial charge in [0.15, 0.2) is 0 Å². The number of nitrogens with one attached hydrogen (secondary N) is 1. The minimum Gasteiger partial charge on any atom is -0.456 e. The number of Topliss-reactive ketones (excluding diaryl/α,β-unsaturated/α-hetero) is 1. The van der Waals surface area contributed by atoms with E-state index in [0.717, 1.165) is 42.0 Å². The van der Waals surface area contributed by atoms with Crippen molar-refractivity contribution in [2.24, 2.45) is 17.8 Å². The topological polar surface area (TPSA) is 88.5 Å². The molecule has 0 radical (unpaired) electrons. The summed E-state index contributed by atoms with van der Waals surface area (Å²) in [6.07, 6.45) is 6.63. The van der Waals surface area contributed by atoms with Crippen LogP contribution in [-0.2, 0) is 14.3 Å². The molecule has 1 aliphatic heterocycles. The molecule has 1 aliphatic rings. The Balaban J connectivity index is 2.40. The van der Waals surface area contributed by atoms with E-state index in [1.807, 2.05) is 46.2 Å². The summed E-state index contributed by atoms with van der Waals surface area (Å²) < 4.78 is 5.98. The zero-order valence-corrected chi connectivity index (χ0v) is 23.3. The maximum atomic E-state index is 13.1. The molecule has 2 heterocycles. The zero-order valence-electron chi connectivity index (χ0n) is 22.5. The summed E-state index contributed by atoms with van der Waals surface area (Å²) in [6, 6.07) is -0.221. The SMILES string of the molecule is CCC1C(=O)[C@H](C)C[C@@H](C)CCC/C(C)=C\C(NC)[C@@H](/C(C)=C/c2csc(C)n2)OC(=O)C[C@@H]1O. The molecule has 0 saturated heterocycles. The Morgan fingerprint density at radius 1 is 1.31 bits per heavy atom. The van der Waals surface area contributed by atoms with Crippen LogP contribution in [0.4, 0.5) is 0 Å². The second-order valence-corrected chi connectivity index (χ2v) is 11.3. The van der Waals surface area contributed by atoms with E-state index in [2.05, 4.69) is 30.2 Å². The Kier molecular flexibility index (Phi) is 11.8. The van der Waals surface area contributed by atoms with Crippen LogP contribution in [0.5, 0.6) is 0 Å². The number of hydrogen-bond donors (Lipinski definition) is 2. The number of rotatable bonds is 4. The van der Waals surface area contributed by atoms with Crippen molar-refractivity contribution in [3.8, 4) is 0 Å². The van der Waals surface area contributed by atoms with Crippen molar-refractivity contribution >= 4 is 29.2 Å². The highest BCUT2D eigenvalue weighted by molar-refractivity contribution is 7.09. The summed E-state index contributed by atoms with van der Waals surface area (Å²) in [6.45, 7) is 12.0. The molecule has 0 aromatic carbocycles. The van der Waals surface area contributed by atoms with E-state index in [9.17, 15) is 14.7 Å². The van der Waals surface area contributed by atoms with Crippen molar-refractivity contribution in [3.05, 3.63) is 33.3 Å². The van der Waals surface area contributed by atoms with Crippen molar-refractivity contribution in [1.82, 2.24) is 10.3 Å². The van der Waals surface area contributed by atoms with Gasteiger partial charge >= 0.3 is 5.97 Å². The molecule has 0 spiro atoms. The molecule has 2 unspecified atom stereocenters. The Morgan fingerprint density at radius 3 is 2.63 bits per heavy atom. The lowest BCUT2D eigenvalue weighted by Crippen LogP contribution is -2.41. The van der Waals surface area contributed by atoms with Gasteiger partial charge in [0, 0.05) is 17.2 Å². The largest absolute Gasteiger partial charge is 0.456 e. The van der Waals surface area contributed by atoms with E-state index in [-0.39, 0.29) is 24.2 Å². The number of aromatic nitrogens is 1. The molecule has 2 rings (SSSR count). The van der Waals surface area contributed by atoms with Gasteiger partial charge in [-0.3, -0.25) is 9.59 Å². The number of ether oxygens (including phenoxy) is 1. The second-order valence-electron chi connectivity index (χ2n) is 10.2. The molecule has 196 valence electrons. The fourth-order valence-corrected chi connectivity index (χ4v) is 5.59. The zero-order chi connectivity index (χ0) is 26.1. The number of esters is 1. The Labute approximate surface area is 215 Å². The van der Waals surface area contributed by atoms with E-state index in [1.165, 1.54) is 5.57 Å². The molecule has 0 amide bonds. The third-order valence-corrected chi connectivity index (χ3v) is 7.79. The van der Waals surface area contributed by atoms with Crippen LogP contribution in [0.3, 0.4) is 0 Å². The van der Waals surface area contributed by atoms with Gasteiger partial charge in [0.1, 0.15) is 11.9 Å². The summed E-state index contributed by atoms with van der Waals surface area (Å²) >= 11 is 1.57. The van der Waals surface area contributed by atoms with Gasteiger partial charge in [-0.25, -0.2) is 4.98 Å². The molecule has 1 aromatic rings. The third kappa shape index (κ3) is 8.96. The molecule has 1 aromatic heterocycles. The van der Waals surface area contributed by atoms with Gasteiger partial charge in [0.25, 0.3) is 0 Å². The first-order chi connectivity index (χ1) is 16.5.